The summed E-state index contributed by atoms with van der Waals surface area (Å²) in [5, 5.41) is 2.65. The second-order valence-electron chi connectivity index (χ2n) is 6.42. The van der Waals surface area contributed by atoms with Crippen LogP contribution in [0, 0.1) is 13.8 Å². The second kappa shape index (κ2) is 5.93. The largest absolute Gasteiger partial charge is 0.496 e. The zero-order chi connectivity index (χ0) is 17.5. The van der Waals surface area contributed by atoms with Gasteiger partial charge >= 0.3 is 6.09 Å². The lowest BCUT2D eigenvalue weighted by atomic mass is 9.93. The van der Waals surface area contributed by atoms with Crippen LogP contribution >= 0.6 is 0 Å². The predicted octanol–water partition coefficient (Wildman–Crippen LogP) is 1.58. The molecular weight excluding hydrogens is 332 g/mol. The summed E-state index contributed by atoms with van der Waals surface area (Å²) < 4.78 is 38.0. The standard InChI is InChI=1S/C16H22N2O5S/c1-11-9-14(12(2)8-13(11)22-3)24(20,21)18-6-4-16(5-7-18)10-17-15(19)23-16/h8-9H,4-7,10H2,1-3H3,(H,17,19). The van der Waals surface area contributed by atoms with Gasteiger partial charge in [-0.25, -0.2) is 13.2 Å². The van der Waals surface area contributed by atoms with Crippen LogP contribution in [0.15, 0.2) is 17.0 Å². The third kappa shape index (κ3) is 2.84. The summed E-state index contributed by atoms with van der Waals surface area (Å²) in [6.07, 6.45) is 0.575. The van der Waals surface area contributed by atoms with Crippen molar-refractivity contribution in [2.75, 3.05) is 26.7 Å². The Morgan fingerprint density at radius 2 is 1.88 bits per heavy atom. The average Bonchev–Trinajstić information content (AvgIpc) is 2.90. The first-order valence-corrected chi connectivity index (χ1v) is 9.34. The highest BCUT2D eigenvalue weighted by Crippen LogP contribution is 2.33. The highest BCUT2D eigenvalue weighted by atomic mass is 32.2. The molecule has 132 valence electrons. The van der Waals surface area contributed by atoms with E-state index >= 15 is 0 Å². The van der Waals surface area contributed by atoms with Gasteiger partial charge in [-0.05, 0) is 37.1 Å². The van der Waals surface area contributed by atoms with Gasteiger partial charge in [-0.15, -0.1) is 0 Å². The van der Waals surface area contributed by atoms with Crippen LogP contribution in [0.4, 0.5) is 4.79 Å². The Morgan fingerprint density at radius 1 is 1.21 bits per heavy atom. The molecule has 2 aliphatic rings. The van der Waals surface area contributed by atoms with Gasteiger partial charge in [0.05, 0.1) is 18.6 Å². The maximum Gasteiger partial charge on any atom is 0.407 e. The monoisotopic (exact) mass is 354 g/mol. The Bertz CT molecular complexity index is 767. The summed E-state index contributed by atoms with van der Waals surface area (Å²) in [7, 11) is -2.02. The van der Waals surface area contributed by atoms with Crippen molar-refractivity contribution in [1.29, 1.82) is 0 Å². The summed E-state index contributed by atoms with van der Waals surface area (Å²) in [5.41, 5.74) is 0.879. The molecule has 1 aromatic carbocycles. The molecule has 2 aliphatic heterocycles. The van der Waals surface area contributed by atoms with Gasteiger partial charge in [-0.2, -0.15) is 4.31 Å². The van der Waals surface area contributed by atoms with E-state index in [-0.39, 0.29) is 0 Å². The van der Waals surface area contributed by atoms with E-state index in [1.165, 1.54) is 4.31 Å². The van der Waals surface area contributed by atoms with Crippen molar-refractivity contribution in [2.24, 2.45) is 0 Å². The minimum absolute atomic E-state index is 0.304. The molecule has 2 heterocycles. The number of piperidine rings is 1. The lowest BCUT2D eigenvalue weighted by Gasteiger charge is -2.36. The summed E-state index contributed by atoms with van der Waals surface area (Å²) in [4.78, 5) is 11.6. The van der Waals surface area contributed by atoms with Crippen molar-refractivity contribution < 1.29 is 22.7 Å². The second-order valence-corrected chi connectivity index (χ2v) is 8.32. The Balaban J connectivity index is 1.82. The smallest absolute Gasteiger partial charge is 0.407 e. The maximum absolute atomic E-state index is 13.0. The zero-order valence-electron chi connectivity index (χ0n) is 14.1. The fourth-order valence-corrected chi connectivity index (χ4v) is 5.05. The normalized spacial score (nSPS) is 20.7. The molecule has 1 amide bonds. The molecule has 3 rings (SSSR count). The molecule has 1 aromatic rings. The topological polar surface area (TPSA) is 84.9 Å². The van der Waals surface area contributed by atoms with Crippen molar-refractivity contribution in [3.8, 4) is 5.75 Å². The molecule has 8 heteroatoms. The summed E-state index contributed by atoms with van der Waals surface area (Å²) in [6.45, 7) is 4.71. The fourth-order valence-electron chi connectivity index (χ4n) is 3.32. The van der Waals surface area contributed by atoms with Gasteiger partial charge in [0.25, 0.3) is 0 Å². The number of nitrogens with zero attached hydrogens (tertiary/aromatic N) is 1. The van der Waals surface area contributed by atoms with Gasteiger partial charge in [-0.3, -0.25) is 0 Å². The predicted molar refractivity (Wildman–Crippen MR) is 87.7 cm³/mol. The van der Waals surface area contributed by atoms with Gasteiger partial charge in [0.2, 0.25) is 10.0 Å². The molecule has 0 bridgehead atoms. The van der Waals surface area contributed by atoms with Gasteiger partial charge in [0.1, 0.15) is 11.4 Å². The maximum atomic E-state index is 13.0. The molecule has 0 aliphatic carbocycles. The third-order valence-electron chi connectivity index (χ3n) is 4.81. The number of hydrogen-bond acceptors (Lipinski definition) is 5. The molecule has 24 heavy (non-hydrogen) atoms. The average molecular weight is 354 g/mol. The number of nitrogens with one attached hydrogen (secondary N) is 1. The minimum atomic E-state index is -3.58. The number of carbonyl (C=O) groups excluding carboxylic acids is 1. The minimum Gasteiger partial charge on any atom is -0.496 e. The third-order valence-corrected chi connectivity index (χ3v) is 6.85. The van der Waals surface area contributed by atoms with Crippen LogP contribution < -0.4 is 10.1 Å². The summed E-state index contributed by atoms with van der Waals surface area (Å²) in [5.74, 6) is 0.674. The van der Waals surface area contributed by atoms with Crippen molar-refractivity contribution in [2.45, 2.75) is 37.2 Å². The van der Waals surface area contributed by atoms with E-state index in [0.717, 1.165) is 5.56 Å². The van der Waals surface area contributed by atoms with Gasteiger partial charge in [0, 0.05) is 25.9 Å². The Hall–Kier alpha value is -1.80. The van der Waals surface area contributed by atoms with E-state index in [0.29, 0.717) is 48.7 Å². The Labute approximate surface area is 142 Å². The molecule has 0 radical (unpaired) electrons. The van der Waals surface area contributed by atoms with E-state index < -0.39 is 21.7 Å². The van der Waals surface area contributed by atoms with E-state index in [1.54, 1.807) is 26.2 Å². The molecule has 0 saturated carbocycles. The number of sulfonamides is 1. The lowest BCUT2D eigenvalue weighted by Crippen LogP contribution is -2.48. The SMILES string of the molecule is COc1cc(C)c(S(=O)(=O)N2CCC3(CC2)CNC(=O)O3)cc1C. The number of amides is 1. The van der Waals surface area contributed by atoms with Crippen molar-refractivity contribution in [1.82, 2.24) is 9.62 Å². The van der Waals surface area contributed by atoms with Crippen LogP contribution in [-0.2, 0) is 14.8 Å². The number of ether oxygens (including phenoxy) is 2. The number of benzene rings is 1. The van der Waals surface area contributed by atoms with Crippen LogP contribution in [-0.4, -0.2) is 51.2 Å². The fraction of sp³-hybridized carbons (Fsp3) is 0.562. The molecule has 0 unspecified atom stereocenters. The van der Waals surface area contributed by atoms with Crippen molar-refractivity contribution in [3.05, 3.63) is 23.3 Å². The number of carbonyl (C=O) groups is 1. The highest BCUT2D eigenvalue weighted by molar-refractivity contribution is 7.89. The molecule has 0 aromatic heterocycles. The first-order chi connectivity index (χ1) is 11.3. The van der Waals surface area contributed by atoms with Gasteiger partial charge < -0.3 is 14.8 Å². The Morgan fingerprint density at radius 3 is 2.42 bits per heavy atom. The molecule has 2 fully saturated rings. The molecule has 2 saturated heterocycles. The van der Waals surface area contributed by atoms with E-state index in [4.69, 9.17) is 9.47 Å². The first kappa shape index (κ1) is 17.0. The molecule has 1 spiro atoms. The van der Waals surface area contributed by atoms with E-state index in [1.807, 2.05) is 6.92 Å². The van der Waals surface area contributed by atoms with E-state index in [9.17, 15) is 13.2 Å². The number of aryl methyl sites for hydroxylation is 2. The van der Waals surface area contributed by atoms with Gasteiger partial charge in [-0.1, -0.05) is 0 Å². The zero-order valence-corrected chi connectivity index (χ0v) is 14.9. The van der Waals surface area contributed by atoms with Crippen LogP contribution in [0.5, 0.6) is 5.75 Å². The number of methoxy groups -OCH3 is 1. The number of alkyl carbamates (subject to hydrolysis) is 1. The van der Waals surface area contributed by atoms with E-state index in [2.05, 4.69) is 5.32 Å². The Kier molecular flexibility index (Phi) is 4.21. The van der Waals surface area contributed by atoms with Crippen molar-refractivity contribution >= 4 is 16.1 Å². The molecule has 7 nitrogen and oxygen atoms in total. The van der Waals surface area contributed by atoms with Gasteiger partial charge in [0.15, 0.2) is 0 Å². The lowest BCUT2D eigenvalue weighted by molar-refractivity contribution is 0.0173. The van der Waals surface area contributed by atoms with Crippen LogP contribution in [0.2, 0.25) is 0 Å². The van der Waals surface area contributed by atoms with Crippen LogP contribution in [0.25, 0.3) is 0 Å². The number of rotatable bonds is 3. The quantitative estimate of drug-likeness (QED) is 0.891. The van der Waals surface area contributed by atoms with Crippen molar-refractivity contribution in [3.63, 3.8) is 0 Å². The first-order valence-electron chi connectivity index (χ1n) is 7.90. The molecule has 1 N–H and O–H groups in total. The molecular formula is C16H22N2O5S. The summed E-state index contributed by atoms with van der Waals surface area (Å²) >= 11 is 0. The number of hydrogen-bond donors (Lipinski definition) is 1. The molecule has 0 atom stereocenters. The highest BCUT2D eigenvalue weighted by Gasteiger charge is 2.45. The summed E-state index contributed by atoms with van der Waals surface area (Å²) in [6, 6.07) is 3.40. The van der Waals surface area contributed by atoms with Crippen LogP contribution in [0.1, 0.15) is 24.0 Å². The van der Waals surface area contributed by atoms with Crippen LogP contribution in [0.3, 0.4) is 0 Å².